The third kappa shape index (κ3) is 3.55. The molecule has 2 aromatic rings. The van der Waals surface area contributed by atoms with E-state index in [1.807, 2.05) is 17.0 Å². The molecule has 0 aliphatic carbocycles. The summed E-state index contributed by atoms with van der Waals surface area (Å²) in [6.45, 7) is 5.94. The van der Waals surface area contributed by atoms with Gasteiger partial charge in [-0.25, -0.2) is 4.98 Å². The molecule has 1 aromatic carbocycles. The molecule has 0 saturated carbocycles. The topological polar surface area (TPSA) is 75.3 Å². The summed E-state index contributed by atoms with van der Waals surface area (Å²) in [5, 5.41) is 11.2. The van der Waals surface area contributed by atoms with Crippen LogP contribution in [0.15, 0.2) is 29.2 Å². The quantitative estimate of drug-likeness (QED) is 0.573. The number of rotatable bonds is 4. The number of hydrogen-bond acceptors (Lipinski definition) is 6. The van der Waals surface area contributed by atoms with Crippen molar-refractivity contribution in [2.24, 2.45) is 5.92 Å². The van der Waals surface area contributed by atoms with Gasteiger partial charge in [-0.2, -0.15) is 4.98 Å². The number of anilines is 2. The van der Waals surface area contributed by atoms with Crippen LogP contribution >= 0.6 is 11.6 Å². The van der Waals surface area contributed by atoms with Crippen LogP contribution in [-0.2, 0) is 17.6 Å². The minimum absolute atomic E-state index is 0.0325. The first kappa shape index (κ1) is 20.4. The van der Waals surface area contributed by atoms with E-state index in [4.69, 9.17) is 21.6 Å². The van der Waals surface area contributed by atoms with Crippen molar-refractivity contribution in [2.75, 3.05) is 28.6 Å². The summed E-state index contributed by atoms with van der Waals surface area (Å²) in [6.07, 6.45) is 2.22. The first-order valence-corrected chi connectivity index (χ1v) is 12.4. The summed E-state index contributed by atoms with van der Waals surface area (Å²) in [4.78, 5) is 14.5. The molecule has 4 heterocycles. The van der Waals surface area contributed by atoms with Gasteiger partial charge >= 0.3 is 0 Å². The average molecular weight is 447 g/mol. The third-order valence-corrected chi connectivity index (χ3v) is 8.23. The first-order chi connectivity index (χ1) is 14.4. The number of benzene rings is 1. The molecule has 0 spiro atoms. The Morgan fingerprint density at radius 1 is 1.17 bits per heavy atom. The summed E-state index contributed by atoms with van der Waals surface area (Å²) < 4.78 is 12.6. The molecule has 3 unspecified atom stereocenters. The van der Waals surface area contributed by atoms with Gasteiger partial charge in [-0.3, -0.25) is 0 Å². The normalized spacial score (nSPS) is 26.4. The van der Waals surface area contributed by atoms with Crippen molar-refractivity contribution in [3.63, 3.8) is 0 Å². The SMILES string of the molecule is CC(C)C1C(O)N1c1nc(N2CCC(c3ccc(Cl)cc3)CC2)nc2c1[S+]([O-])CC2. The molecule has 2 fully saturated rings. The Morgan fingerprint density at radius 3 is 2.50 bits per heavy atom. The minimum Gasteiger partial charge on any atom is -0.611 e. The van der Waals surface area contributed by atoms with Gasteiger partial charge in [-0.1, -0.05) is 37.6 Å². The van der Waals surface area contributed by atoms with Crippen LogP contribution in [0.1, 0.15) is 43.9 Å². The number of aliphatic hydroxyl groups is 1. The summed E-state index contributed by atoms with van der Waals surface area (Å²) in [6, 6.07) is 8.19. The van der Waals surface area contributed by atoms with Crippen molar-refractivity contribution in [2.45, 2.75) is 56.2 Å². The molecule has 5 rings (SSSR count). The minimum atomic E-state index is -1.09. The predicted octanol–water partition coefficient (Wildman–Crippen LogP) is 3.34. The zero-order chi connectivity index (χ0) is 21.0. The van der Waals surface area contributed by atoms with E-state index in [9.17, 15) is 9.66 Å². The predicted molar refractivity (Wildman–Crippen MR) is 120 cm³/mol. The van der Waals surface area contributed by atoms with Crippen molar-refractivity contribution in [1.29, 1.82) is 0 Å². The van der Waals surface area contributed by atoms with E-state index in [0.29, 0.717) is 35.8 Å². The Balaban J connectivity index is 1.38. The van der Waals surface area contributed by atoms with E-state index in [1.165, 1.54) is 5.56 Å². The maximum atomic E-state index is 12.6. The largest absolute Gasteiger partial charge is 0.611 e. The first-order valence-electron chi connectivity index (χ1n) is 10.7. The number of piperidine rings is 1. The molecule has 8 heteroatoms. The molecule has 0 bridgehead atoms. The number of halogens is 1. The molecule has 0 amide bonds. The molecule has 30 heavy (non-hydrogen) atoms. The third-order valence-electron chi connectivity index (χ3n) is 6.53. The van der Waals surface area contributed by atoms with Crippen LogP contribution in [0.2, 0.25) is 5.02 Å². The van der Waals surface area contributed by atoms with Crippen LogP contribution < -0.4 is 9.80 Å². The fourth-order valence-corrected chi connectivity index (χ4v) is 6.27. The monoisotopic (exact) mass is 446 g/mol. The number of hydrogen-bond donors (Lipinski definition) is 1. The van der Waals surface area contributed by atoms with E-state index in [2.05, 4.69) is 30.9 Å². The molecule has 1 N–H and O–H groups in total. The lowest BCUT2D eigenvalue weighted by atomic mass is 9.89. The van der Waals surface area contributed by atoms with Crippen LogP contribution in [0.3, 0.4) is 0 Å². The van der Waals surface area contributed by atoms with Crippen LogP contribution in [0.4, 0.5) is 11.8 Å². The summed E-state index contributed by atoms with van der Waals surface area (Å²) in [5.74, 6) is 2.80. The number of aromatic nitrogens is 2. The molecular weight excluding hydrogens is 420 g/mol. The molecule has 3 aliphatic heterocycles. The van der Waals surface area contributed by atoms with Crippen molar-refractivity contribution >= 4 is 34.5 Å². The standard InChI is InChI=1S/C22H27ClN4O2S/c1-13(2)18-21(28)27(18)20-19-17(9-12-30(19)29)24-22(25-20)26-10-7-15(8-11-26)14-3-5-16(23)6-4-14/h3-6,13,15,18,21,28H,7-12H2,1-2H3. The molecule has 2 saturated heterocycles. The molecule has 6 nitrogen and oxygen atoms in total. The van der Waals surface area contributed by atoms with Gasteiger partial charge in [0.2, 0.25) is 10.8 Å². The summed E-state index contributed by atoms with van der Waals surface area (Å²) in [5.41, 5.74) is 2.21. The maximum Gasteiger partial charge on any atom is 0.227 e. The van der Waals surface area contributed by atoms with Gasteiger partial charge in [-0.15, -0.1) is 0 Å². The van der Waals surface area contributed by atoms with Gasteiger partial charge in [0.25, 0.3) is 0 Å². The van der Waals surface area contributed by atoms with Gasteiger partial charge in [0.05, 0.1) is 6.04 Å². The summed E-state index contributed by atoms with van der Waals surface area (Å²) >= 11 is 4.94. The van der Waals surface area contributed by atoms with Crippen LogP contribution in [0.25, 0.3) is 0 Å². The van der Waals surface area contributed by atoms with E-state index in [1.54, 1.807) is 0 Å². The lowest BCUT2D eigenvalue weighted by Gasteiger charge is -2.32. The highest BCUT2D eigenvalue weighted by Gasteiger charge is 2.52. The Hall–Kier alpha value is -1.54. The van der Waals surface area contributed by atoms with Gasteiger partial charge in [0.1, 0.15) is 17.7 Å². The van der Waals surface area contributed by atoms with Crippen molar-refractivity contribution < 1.29 is 9.66 Å². The zero-order valence-corrected chi connectivity index (χ0v) is 18.9. The molecule has 3 aliphatic rings. The molecule has 1 aromatic heterocycles. The average Bonchev–Trinajstić information content (AvgIpc) is 3.29. The van der Waals surface area contributed by atoms with Gasteiger partial charge in [-0.05, 0) is 53.5 Å². The van der Waals surface area contributed by atoms with E-state index in [0.717, 1.165) is 41.5 Å². The zero-order valence-electron chi connectivity index (χ0n) is 17.3. The lowest BCUT2D eigenvalue weighted by Crippen LogP contribution is -2.34. The van der Waals surface area contributed by atoms with Crippen LogP contribution in [0, 0.1) is 5.92 Å². The highest BCUT2D eigenvalue weighted by Crippen LogP contribution is 2.44. The Morgan fingerprint density at radius 2 is 1.87 bits per heavy atom. The number of fused-ring (bicyclic) bond motifs is 1. The molecular formula is C22H27ClN4O2S. The van der Waals surface area contributed by atoms with Crippen molar-refractivity contribution in [3.8, 4) is 0 Å². The van der Waals surface area contributed by atoms with E-state index < -0.39 is 17.4 Å². The highest BCUT2D eigenvalue weighted by molar-refractivity contribution is 7.91. The Labute approximate surface area is 185 Å². The second-order valence-electron chi connectivity index (χ2n) is 8.79. The van der Waals surface area contributed by atoms with E-state index >= 15 is 0 Å². The molecule has 0 radical (unpaired) electrons. The fourth-order valence-electron chi connectivity index (χ4n) is 4.80. The number of nitrogens with zero attached hydrogens (tertiary/aromatic N) is 4. The van der Waals surface area contributed by atoms with Crippen LogP contribution in [0.5, 0.6) is 0 Å². The highest BCUT2D eigenvalue weighted by atomic mass is 35.5. The van der Waals surface area contributed by atoms with Crippen LogP contribution in [-0.4, -0.2) is 50.7 Å². The summed E-state index contributed by atoms with van der Waals surface area (Å²) in [7, 11) is 0. The van der Waals surface area contributed by atoms with Gasteiger partial charge in [0.15, 0.2) is 5.82 Å². The maximum absolute atomic E-state index is 12.6. The molecule has 3 atom stereocenters. The number of aliphatic hydroxyl groups excluding tert-OH is 1. The Bertz CT molecular complexity index is 933. The smallest absolute Gasteiger partial charge is 0.227 e. The Kier molecular flexibility index (Phi) is 5.34. The van der Waals surface area contributed by atoms with Gasteiger partial charge < -0.3 is 19.5 Å². The second kappa shape index (κ2) is 7.86. The number of aryl methyl sites for hydroxylation is 1. The van der Waals surface area contributed by atoms with Gasteiger partial charge in [0, 0.05) is 24.5 Å². The van der Waals surface area contributed by atoms with E-state index in [-0.39, 0.29) is 6.04 Å². The molecule has 160 valence electrons. The van der Waals surface area contributed by atoms with Crippen molar-refractivity contribution in [3.05, 3.63) is 40.5 Å². The van der Waals surface area contributed by atoms with Crippen molar-refractivity contribution in [1.82, 2.24) is 9.97 Å². The lowest BCUT2D eigenvalue weighted by molar-refractivity contribution is 0.261. The fraction of sp³-hybridized carbons (Fsp3) is 0.545. The second-order valence-corrected chi connectivity index (χ2v) is 10.7.